The Hall–Kier alpha value is -3.04. The van der Waals surface area contributed by atoms with Gasteiger partial charge in [-0.05, 0) is 45.0 Å². The molecule has 9 nitrogen and oxygen atoms in total. The number of imidazole rings is 1. The van der Waals surface area contributed by atoms with Gasteiger partial charge in [0.1, 0.15) is 11.3 Å². The summed E-state index contributed by atoms with van der Waals surface area (Å²) >= 11 is 0. The van der Waals surface area contributed by atoms with Crippen LogP contribution in [0.3, 0.4) is 0 Å². The van der Waals surface area contributed by atoms with Gasteiger partial charge in [-0.15, -0.1) is 5.10 Å². The number of nitrogens with one attached hydrogen (secondary N) is 2. The molecule has 0 saturated heterocycles. The van der Waals surface area contributed by atoms with Crippen LogP contribution in [0, 0.1) is 6.92 Å². The SMILES string of the molecule is CNC1CC(Nc2ncc3c(-c4ccc5nc(C)n(CCOC)c5n4)ccn3n2)C1. The highest BCUT2D eigenvalue weighted by Gasteiger charge is 2.28. The highest BCUT2D eigenvalue weighted by atomic mass is 16.5. The first kappa shape index (κ1) is 19.0. The molecular formula is C21H26N8O. The summed E-state index contributed by atoms with van der Waals surface area (Å²) in [7, 11) is 3.70. The average molecular weight is 406 g/mol. The van der Waals surface area contributed by atoms with E-state index in [0.29, 0.717) is 24.6 Å². The van der Waals surface area contributed by atoms with E-state index in [1.54, 1.807) is 7.11 Å². The van der Waals surface area contributed by atoms with Crippen LogP contribution in [0.5, 0.6) is 0 Å². The first-order valence-electron chi connectivity index (χ1n) is 10.3. The number of aryl methyl sites for hydroxylation is 1. The lowest BCUT2D eigenvalue weighted by Crippen LogP contribution is -2.46. The minimum Gasteiger partial charge on any atom is -0.383 e. The first-order chi connectivity index (χ1) is 14.7. The summed E-state index contributed by atoms with van der Waals surface area (Å²) in [6.07, 6.45) is 6.00. The van der Waals surface area contributed by atoms with E-state index in [9.17, 15) is 0 Å². The van der Waals surface area contributed by atoms with Crippen molar-refractivity contribution in [3.8, 4) is 11.3 Å². The second-order valence-corrected chi connectivity index (χ2v) is 7.78. The molecular weight excluding hydrogens is 380 g/mol. The Balaban J connectivity index is 1.45. The van der Waals surface area contributed by atoms with Crippen LogP contribution in [0.1, 0.15) is 18.7 Å². The maximum absolute atomic E-state index is 5.24. The molecule has 0 aliphatic heterocycles. The number of fused-ring (bicyclic) bond motifs is 2. The van der Waals surface area contributed by atoms with Gasteiger partial charge in [-0.2, -0.15) is 0 Å². The van der Waals surface area contributed by atoms with Gasteiger partial charge in [0.05, 0.1) is 24.0 Å². The van der Waals surface area contributed by atoms with E-state index >= 15 is 0 Å². The number of ether oxygens (including phenoxy) is 1. The van der Waals surface area contributed by atoms with Crippen molar-refractivity contribution >= 4 is 22.6 Å². The van der Waals surface area contributed by atoms with Crippen LogP contribution in [0.15, 0.2) is 30.6 Å². The van der Waals surface area contributed by atoms with E-state index < -0.39 is 0 Å². The molecule has 9 heteroatoms. The number of hydrogen-bond donors (Lipinski definition) is 2. The normalized spacial score (nSPS) is 18.8. The fourth-order valence-corrected chi connectivity index (χ4v) is 4.05. The molecule has 4 heterocycles. The Bertz CT molecular complexity index is 1190. The molecule has 1 aliphatic carbocycles. The van der Waals surface area contributed by atoms with Gasteiger partial charge in [-0.3, -0.25) is 0 Å². The summed E-state index contributed by atoms with van der Waals surface area (Å²) in [4.78, 5) is 14.1. The van der Waals surface area contributed by atoms with Crippen LogP contribution >= 0.6 is 0 Å². The lowest BCUT2D eigenvalue weighted by molar-refractivity contribution is 0.187. The zero-order chi connectivity index (χ0) is 20.7. The quantitative estimate of drug-likeness (QED) is 0.486. The van der Waals surface area contributed by atoms with Crippen molar-refractivity contribution in [3.05, 3.63) is 36.4 Å². The maximum Gasteiger partial charge on any atom is 0.241 e. The molecule has 1 fully saturated rings. The summed E-state index contributed by atoms with van der Waals surface area (Å²) in [6, 6.07) is 7.07. The van der Waals surface area contributed by atoms with E-state index in [0.717, 1.165) is 53.1 Å². The topological polar surface area (TPSA) is 94.2 Å². The Morgan fingerprint density at radius 2 is 2.03 bits per heavy atom. The van der Waals surface area contributed by atoms with E-state index in [1.165, 1.54) is 0 Å². The third-order valence-corrected chi connectivity index (χ3v) is 5.87. The number of nitrogens with zero attached hydrogens (tertiary/aromatic N) is 6. The smallest absolute Gasteiger partial charge is 0.241 e. The molecule has 0 aromatic carbocycles. The van der Waals surface area contributed by atoms with Gasteiger partial charge in [0.25, 0.3) is 0 Å². The van der Waals surface area contributed by atoms with Gasteiger partial charge < -0.3 is 19.9 Å². The van der Waals surface area contributed by atoms with Crippen molar-refractivity contribution in [2.75, 3.05) is 26.1 Å². The second-order valence-electron chi connectivity index (χ2n) is 7.78. The lowest BCUT2D eigenvalue weighted by atomic mass is 9.87. The van der Waals surface area contributed by atoms with Crippen molar-refractivity contribution < 1.29 is 4.74 Å². The molecule has 4 aromatic heterocycles. The van der Waals surface area contributed by atoms with Gasteiger partial charge in [0, 0.05) is 37.5 Å². The van der Waals surface area contributed by atoms with Crippen LogP contribution in [-0.2, 0) is 11.3 Å². The first-order valence-corrected chi connectivity index (χ1v) is 10.3. The lowest BCUT2D eigenvalue weighted by Gasteiger charge is -2.35. The van der Waals surface area contributed by atoms with Gasteiger partial charge in [0.2, 0.25) is 5.95 Å². The van der Waals surface area contributed by atoms with E-state index in [2.05, 4.69) is 30.3 Å². The number of aromatic nitrogens is 6. The maximum atomic E-state index is 5.24. The third-order valence-electron chi connectivity index (χ3n) is 5.87. The summed E-state index contributed by atoms with van der Waals surface area (Å²) < 4.78 is 9.19. The molecule has 156 valence electrons. The molecule has 0 radical (unpaired) electrons. The highest BCUT2D eigenvalue weighted by Crippen LogP contribution is 2.27. The van der Waals surface area contributed by atoms with Gasteiger partial charge in [0.15, 0.2) is 5.65 Å². The van der Waals surface area contributed by atoms with Crippen molar-refractivity contribution in [3.63, 3.8) is 0 Å². The number of rotatable bonds is 7. The average Bonchev–Trinajstić information content (AvgIpc) is 3.28. The molecule has 0 amide bonds. The summed E-state index contributed by atoms with van der Waals surface area (Å²) in [5, 5.41) is 11.3. The molecule has 0 unspecified atom stereocenters. The number of pyridine rings is 1. The Morgan fingerprint density at radius 3 is 2.83 bits per heavy atom. The molecule has 4 aromatic rings. The highest BCUT2D eigenvalue weighted by molar-refractivity contribution is 5.82. The minimum absolute atomic E-state index is 0.426. The Labute approximate surface area is 174 Å². The monoisotopic (exact) mass is 406 g/mol. The zero-order valence-electron chi connectivity index (χ0n) is 17.5. The number of anilines is 1. The van der Waals surface area contributed by atoms with Crippen LogP contribution < -0.4 is 10.6 Å². The molecule has 2 N–H and O–H groups in total. The van der Waals surface area contributed by atoms with Gasteiger partial charge in [-0.1, -0.05) is 0 Å². The van der Waals surface area contributed by atoms with Crippen molar-refractivity contribution in [2.45, 2.75) is 38.4 Å². The summed E-state index contributed by atoms with van der Waals surface area (Å²) in [5.41, 5.74) is 4.56. The third kappa shape index (κ3) is 3.29. The molecule has 1 saturated carbocycles. The molecule has 30 heavy (non-hydrogen) atoms. The molecule has 0 atom stereocenters. The second kappa shape index (κ2) is 7.66. The molecule has 0 spiro atoms. The van der Waals surface area contributed by atoms with Crippen molar-refractivity contribution in [1.82, 2.24) is 34.4 Å². The number of methoxy groups -OCH3 is 1. The largest absolute Gasteiger partial charge is 0.383 e. The summed E-state index contributed by atoms with van der Waals surface area (Å²) in [6.45, 7) is 3.33. The fraction of sp³-hybridized carbons (Fsp3) is 0.429. The Morgan fingerprint density at radius 1 is 1.17 bits per heavy atom. The van der Waals surface area contributed by atoms with Crippen LogP contribution in [0.4, 0.5) is 5.95 Å². The predicted molar refractivity (Wildman–Crippen MR) is 116 cm³/mol. The van der Waals surface area contributed by atoms with Crippen LogP contribution in [-0.4, -0.2) is 62.0 Å². The minimum atomic E-state index is 0.426. The van der Waals surface area contributed by atoms with E-state index in [4.69, 9.17) is 9.72 Å². The molecule has 1 aliphatic rings. The van der Waals surface area contributed by atoms with Crippen LogP contribution in [0.25, 0.3) is 27.9 Å². The van der Waals surface area contributed by atoms with Crippen molar-refractivity contribution in [2.24, 2.45) is 0 Å². The molecule has 0 bridgehead atoms. The fourth-order valence-electron chi connectivity index (χ4n) is 4.05. The van der Waals surface area contributed by atoms with E-state index in [1.807, 2.05) is 49.1 Å². The van der Waals surface area contributed by atoms with E-state index in [-0.39, 0.29) is 0 Å². The zero-order valence-corrected chi connectivity index (χ0v) is 17.5. The van der Waals surface area contributed by atoms with Gasteiger partial charge in [-0.25, -0.2) is 19.5 Å². The van der Waals surface area contributed by atoms with Gasteiger partial charge >= 0.3 is 0 Å². The van der Waals surface area contributed by atoms with Crippen LogP contribution in [0.2, 0.25) is 0 Å². The predicted octanol–water partition coefficient (Wildman–Crippen LogP) is 2.26. The van der Waals surface area contributed by atoms with Crippen molar-refractivity contribution in [1.29, 1.82) is 0 Å². The standard InChI is InChI=1S/C21H26N8O/c1-13-24-18-5-4-17(26-20(18)28(13)8-9-30-3)16-6-7-29-19(16)12-23-21(27-29)25-15-10-14(11-15)22-2/h4-7,12,14-15,22H,8-11H2,1-3H3,(H,25,27). The Kier molecular flexibility index (Phi) is 4.84. The summed E-state index contributed by atoms with van der Waals surface area (Å²) in [5.74, 6) is 1.59. The molecule has 5 rings (SSSR count). The number of hydrogen-bond acceptors (Lipinski definition) is 7.